The molecule has 0 aliphatic rings. The third-order valence-electron chi connectivity index (χ3n) is 4.36. The van der Waals surface area contributed by atoms with Gasteiger partial charge in [0.2, 0.25) is 0 Å². The van der Waals surface area contributed by atoms with Gasteiger partial charge in [0.1, 0.15) is 11.3 Å². The third-order valence-corrected chi connectivity index (χ3v) is 4.36. The zero-order valence-corrected chi connectivity index (χ0v) is 15.5. The molecule has 148 valence electrons. The van der Waals surface area contributed by atoms with Crippen LogP contribution in [0.2, 0.25) is 0 Å². The smallest absolute Gasteiger partial charge is 0.433 e. The van der Waals surface area contributed by atoms with Gasteiger partial charge in [0.25, 0.3) is 5.91 Å². The zero-order valence-electron chi connectivity index (χ0n) is 15.5. The Hall–Kier alpha value is -3.10. The summed E-state index contributed by atoms with van der Waals surface area (Å²) < 4.78 is 46.6. The summed E-state index contributed by atoms with van der Waals surface area (Å²) in [5.41, 5.74) is -0.694. The summed E-state index contributed by atoms with van der Waals surface area (Å²) in [6.07, 6.45) is -2.89. The first-order valence-corrected chi connectivity index (χ1v) is 8.65. The normalized spacial score (nSPS) is 12.8. The topological polar surface area (TPSA) is 68.5 Å². The minimum Gasteiger partial charge on any atom is -0.497 e. The fourth-order valence-corrected chi connectivity index (χ4v) is 2.66. The molecule has 0 bridgehead atoms. The summed E-state index contributed by atoms with van der Waals surface area (Å²) in [5, 5.41) is 6.48. The Kier molecular flexibility index (Phi) is 5.26. The average molecular weight is 392 g/mol. The molecule has 1 amide bonds. The first-order chi connectivity index (χ1) is 13.2. The number of benzene rings is 1. The Morgan fingerprint density at radius 3 is 2.71 bits per heavy atom. The number of hydrogen-bond donors (Lipinski definition) is 1. The lowest BCUT2D eigenvalue weighted by Crippen LogP contribution is -2.32. The molecule has 9 heteroatoms. The van der Waals surface area contributed by atoms with E-state index in [2.05, 4.69) is 15.4 Å². The van der Waals surface area contributed by atoms with E-state index in [-0.39, 0.29) is 22.9 Å². The molecule has 0 fully saturated rings. The molecule has 28 heavy (non-hydrogen) atoms. The van der Waals surface area contributed by atoms with Crippen molar-refractivity contribution in [2.45, 2.75) is 32.5 Å². The molecular formula is C19H19F3N4O2. The molecule has 2 heterocycles. The highest BCUT2D eigenvalue weighted by atomic mass is 19.4. The molecule has 0 aliphatic carbocycles. The first kappa shape index (κ1) is 19.7. The van der Waals surface area contributed by atoms with Gasteiger partial charge in [-0.3, -0.25) is 4.79 Å². The van der Waals surface area contributed by atoms with E-state index in [9.17, 15) is 18.0 Å². The van der Waals surface area contributed by atoms with Gasteiger partial charge in [0.05, 0.1) is 19.0 Å². The second kappa shape index (κ2) is 7.49. The lowest BCUT2D eigenvalue weighted by atomic mass is 10.1. The molecule has 1 atom stereocenters. The van der Waals surface area contributed by atoms with E-state index in [4.69, 9.17) is 4.74 Å². The maximum Gasteiger partial charge on any atom is 0.433 e. The zero-order chi connectivity index (χ0) is 20.5. The van der Waals surface area contributed by atoms with Crippen LogP contribution >= 0.6 is 0 Å². The number of alkyl halides is 3. The van der Waals surface area contributed by atoms with Gasteiger partial charge >= 0.3 is 6.18 Å². The van der Waals surface area contributed by atoms with Crippen molar-refractivity contribution >= 4 is 11.6 Å². The van der Waals surface area contributed by atoms with Crippen molar-refractivity contribution in [1.82, 2.24) is 19.9 Å². The van der Waals surface area contributed by atoms with E-state index in [1.807, 2.05) is 6.92 Å². The summed E-state index contributed by atoms with van der Waals surface area (Å²) in [6, 6.07) is 7.30. The molecule has 2 aromatic heterocycles. The number of ether oxygens (including phenoxy) is 1. The fraction of sp³-hybridized carbons (Fsp3) is 0.316. The SMILES string of the molecule is CC[C@@H](C)NC(=O)c1cnn2c(C(F)(F)F)cc(-c3cccc(OC)c3)nc12. The number of nitrogens with one attached hydrogen (secondary N) is 1. The lowest BCUT2D eigenvalue weighted by Gasteiger charge is -2.13. The molecule has 0 saturated heterocycles. The number of nitrogens with zero attached hydrogens (tertiary/aromatic N) is 3. The van der Waals surface area contributed by atoms with Gasteiger partial charge in [-0.25, -0.2) is 9.50 Å². The van der Waals surface area contributed by atoms with Gasteiger partial charge in [-0.05, 0) is 31.5 Å². The highest BCUT2D eigenvalue weighted by molar-refractivity contribution is 6.00. The van der Waals surface area contributed by atoms with E-state index < -0.39 is 17.8 Å². The molecule has 0 spiro atoms. The summed E-state index contributed by atoms with van der Waals surface area (Å²) in [7, 11) is 1.46. The molecule has 0 unspecified atom stereocenters. The minimum absolute atomic E-state index is 0.0180. The maximum atomic E-state index is 13.6. The monoisotopic (exact) mass is 392 g/mol. The molecule has 6 nitrogen and oxygen atoms in total. The van der Waals surface area contributed by atoms with Crippen molar-refractivity contribution in [3.8, 4) is 17.0 Å². The van der Waals surface area contributed by atoms with Crippen molar-refractivity contribution in [3.63, 3.8) is 0 Å². The van der Waals surface area contributed by atoms with Crippen LogP contribution in [0, 0.1) is 0 Å². The molecule has 3 aromatic rings. The molecule has 3 rings (SSSR count). The van der Waals surface area contributed by atoms with Crippen molar-refractivity contribution < 1.29 is 22.7 Å². The Morgan fingerprint density at radius 2 is 2.07 bits per heavy atom. The van der Waals surface area contributed by atoms with Gasteiger partial charge < -0.3 is 10.1 Å². The van der Waals surface area contributed by atoms with E-state index in [0.29, 0.717) is 22.2 Å². The predicted octanol–water partition coefficient (Wildman–Crippen LogP) is 3.95. The van der Waals surface area contributed by atoms with Crippen LogP contribution in [0.4, 0.5) is 13.2 Å². The Bertz CT molecular complexity index is 1010. The van der Waals surface area contributed by atoms with Crippen molar-refractivity contribution in [1.29, 1.82) is 0 Å². The number of hydrogen-bond acceptors (Lipinski definition) is 4. The molecule has 0 radical (unpaired) electrons. The van der Waals surface area contributed by atoms with Gasteiger partial charge in [0, 0.05) is 11.6 Å². The van der Waals surface area contributed by atoms with E-state index in [0.717, 1.165) is 12.3 Å². The van der Waals surface area contributed by atoms with E-state index in [1.54, 1.807) is 31.2 Å². The fourth-order valence-electron chi connectivity index (χ4n) is 2.66. The van der Waals surface area contributed by atoms with Crippen molar-refractivity contribution in [2.24, 2.45) is 0 Å². The lowest BCUT2D eigenvalue weighted by molar-refractivity contribution is -0.142. The minimum atomic E-state index is -4.68. The number of carbonyl (C=O) groups excluding carboxylic acids is 1. The molecule has 1 aromatic carbocycles. The Morgan fingerprint density at radius 1 is 1.32 bits per heavy atom. The van der Waals surface area contributed by atoms with Crippen LogP contribution < -0.4 is 10.1 Å². The summed E-state index contributed by atoms with van der Waals surface area (Å²) in [4.78, 5) is 16.8. The highest BCUT2D eigenvalue weighted by Crippen LogP contribution is 2.33. The van der Waals surface area contributed by atoms with E-state index >= 15 is 0 Å². The molecule has 1 N–H and O–H groups in total. The van der Waals surface area contributed by atoms with E-state index in [1.165, 1.54) is 7.11 Å². The van der Waals surface area contributed by atoms with Crippen molar-refractivity contribution in [2.75, 3.05) is 7.11 Å². The standard InChI is InChI=1S/C19H19F3N4O2/c1-4-11(2)24-18(27)14-10-23-26-16(19(20,21)22)9-15(25-17(14)26)12-6-5-7-13(8-12)28-3/h5-11H,4H2,1-3H3,(H,24,27)/t11-/m1/s1. The van der Waals surface area contributed by atoms with Crippen LogP contribution in [0.5, 0.6) is 5.75 Å². The quantitative estimate of drug-likeness (QED) is 0.714. The second-order valence-corrected chi connectivity index (χ2v) is 6.33. The number of rotatable bonds is 5. The number of methoxy groups -OCH3 is 1. The number of amides is 1. The third kappa shape index (κ3) is 3.78. The number of carbonyl (C=O) groups is 1. The second-order valence-electron chi connectivity index (χ2n) is 6.33. The van der Waals surface area contributed by atoms with Crippen LogP contribution in [0.15, 0.2) is 36.5 Å². The molecule has 0 saturated carbocycles. The van der Waals surface area contributed by atoms with Crippen LogP contribution in [-0.4, -0.2) is 33.7 Å². The van der Waals surface area contributed by atoms with Crippen LogP contribution in [-0.2, 0) is 6.18 Å². The average Bonchev–Trinajstić information content (AvgIpc) is 3.10. The number of aromatic nitrogens is 3. The van der Waals surface area contributed by atoms with Crippen molar-refractivity contribution in [3.05, 3.63) is 47.8 Å². The summed E-state index contributed by atoms with van der Waals surface area (Å²) >= 11 is 0. The maximum absolute atomic E-state index is 13.6. The molecular weight excluding hydrogens is 373 g/mol. The Balaban J connectivity index is 2.20. The number of halogens is 3. The van der Waals surface area contributed by atoms with Crippen LogP contribution in [0.1, 0.15) is 36.3 Å². The highest BCUT2D eigenvalue weighted by Gasteiger charge is 2.36. The first-order valence-electron chi connectivity index (χ1n) is 8.65. The van der Waals surface area contributed by atoms with Gasteiger partial charge in [-0.2, -0.15) is 18.3 Å². The van der Waals surface area contributed by atoms with Crippen LogP contribution in [0.25, 0.3) is 16.9 Å². The van der Waals surface area contributed by atoms with Gasteiger partial charge in [0.15, 0.2) is 11.3 Å². The van der Waals surface area contributed by atoms with Gasteiger partial charge in [-0.15, -0.1) is 0 Å². The molecule has 0 aliphatic heterocycles. The number of fused-ring (bicyclic) bond motifs is 1. The van der Waals surface area contributed by atoms with Gasteiger partial charge in [-0.1, -0.05) is 19.1 Å². The largest absolute Gasteiger partial charge is 0.497 e. The summed E-state index contributed by atoms with van der Waals surface area (Å²) in [5.74, 6) is -0.0382. The van der Waals surface area contributed by atoms with Crippen LogP contribution in [0.3, 0.4) is 0 Å². The summed E-state index contributed by atoms with van der Waals surface area (Å²) in [6.45, 7) is 3.70. The Labute approximate surface area is 159 Å². The predicted molar refractivity (Wildman–Crippen MR) is 97.2 cm³/mol.